The van der Waals surface area contributed by atoms with Crippen molar-refractivity contribution in [2.24, 2.45) is 0 Å². The maximum absolute atomic E-state index is 12.1. The number of likely N-dealkylation sites (tertiary alicyclic amines) is 1. The molecule has 0 radical (unpaired) electrons. The number of rotatable bonds is 6. The number of anilines is 1. The van der Waals surface area contributed by atoms with Crippen LogP contribution in [0.3, 0.4) is 0 Å². The van der Waals surface area contributed by atoms with Gasteiger partial charge in [0.25, 0.3) is 0 Å². The van der Waals surface area contributed by atoms with Gasteiger partial charge in [-0.25, -0.2) is 19.7 Å². The smallest absolute Gasteiger partial charge is 0.409 e. The zero-order valence-electron chi connectivity index (χ0n) is 20.6. The number of ether oxygens (including phenoxy) is 1. The molecule has 1 saturated carbocycles. The van der Waals surface area contributed by atoms with Gasteiger partial charge in [0.1, 0.15) is 0 Å². The fourth-order valence-corrected chi connectivity index (χ4v) is 6.44. The molecule has 1 saturated heterocycles. The van der Waals surface area contributed by atoms with E-state index in [2.05, 4.69) is 10.3 Å². The summed E-state index contributed by atoms with van der Waals surface area (Å²) in [5.41, 5.74) is 2.74. The van der Waals surface area contributed by atoms with Gasteiger partial charge in [-0.15, -0.1) is 11.3 Å². The Balaban J connectivity index is 1.43. The van der Waals surface area contributed by atoms with Gasteiger partial charge in [0.05, 0.1) is 27.9 Å². The van der Waals surface area contributed by atoms with Crippen molar-refractivity contribution in [3.05, 3.63) is 46.6 Å². The molecule has 190 valence electrons. The molecule has 2 aliphatic rings. The number of carbonyl (C=O) groups excluding carboxylic acids is 1. The van der Waals surface area contributed by atoms with Crippen LogP contribution < -0.4 is 5.32 Å². The Kier molecular flexibility index (Phi) is 8.02. The van der Waals surface area contributed by atoms with Crippen LogP contribution in [0.25, 0.3) is 21.8 Å². The van der Waals surface area contributed by atoms with Crippen molar-refractivity contribution in [2.45, 2.75) is 63.8 Å². The largest absolute Gasteiger partial charge is 0.450 e. The molecule has 2 aromatic heterocycles. The number of piperidine rings is 1. The van der Waals surface area contributed by atoms with E-state index in [1.165, 1.54) is 19.3 Å². The summed E-state index contributed by atoms with van der Waals surface area (Å²) in [7, 11) is 0. The fraction of sp³-hybridized carbons (Fsp3) is 0.481. The first-order valence-corrected chi connectivity index (χ1v) is 14.1. The number of nitrogens with zero attached hydrogens (tertiary/aromatic N) is 4. The number of aromatic nitrogens is 3. The van der Waals surface area contributed by atoms with E-state index in [0.29, 0.717) is 36.7 Å². The molecule has 1 N–H and O–H groups in total. The number of carbonyl (C=O) groups is 1. The van der Waals surface area contributed by atoms with Crippen LogP contribution >= 0.6 is 22.9 Å². The third-order valence-corrected chi connectivity index (χ3v) is 8.41. The topological polar surface area (TPSA) is 80.2 Å². The Labute approximate surface area is 221 Å². The minimum absolute atomic E-state index is 0.227. The third kappa shape index (κ3) is 5.81. The van der Waals surface area contributed by atoms with Crippen LogP contribution in [0.15, 0.2) is 36.5 Å². The van der Waals surface area contributed by atoms with Gasteiger partial charge in [-0.3, -0.25) is 0 Å². The first kappa shape index (κ1) is 25.0. The lowest BCUT2D eigenvalue weighted by Crippen LogP contribution is -2.38. The van der Waals surface area contributed by atoms with E-state index in [1.54, 1.807) is 16.2 Å². The normalized spacial score (nSPS) is 17.2. The highest BCUT2D eigenvalue weighted by Gasteiger charge is 2.28. The minimum atomic E-state index is -0.227. The summed E-state index contributed by atoms with van der Waals surface area (Å²) in [4.78, 5) is 29.5. The average Bonchev–Trinajstić information content (AvgIpc) is 3.35. The molecule has 36 heavy (non-hydrogen) atoms. The molecule has 1 aromatic carbocycles. The second-order valence-electron chi connectivity index (χ2n) is 9.45. The van der Waals surface area contributed by atoms with Crippen LogP contribution in [0.5, 0.6) is 0 Å². The molecule has 9 heteroatoms. The summed E-state index contributed by atoms with van der Waals surface area (Å²) in [6.07, 6.45) is 9.46. The van der Waals surface area contributed by atoms with Crippen molar-refractivity contribution < 1.29 is 9.53 Å². The first-order chi connectivity index (χ1) is 17.6. The van der Waals surface area contributed by atoms with Crippen LogP contribution in [0, 0.1) is 0 Å². The van der Waals surface area contributed by atoms with Crippen molar-refractivity contribution in [1.29, 1.82) is 0 Å². The Morgan fingerprint density at radius 1 is 1.14 bits per heavy atom. The van der Waals surface area contributed by atoms with Crippen molar-refractivity contribution in [3.8, 4) is 21.8 Å². The van der Waals surface area contributed by atoms with E-state index >= 15 is 0 Å². The maximum atomic E-state index is 12.1. The highest BCUT2D eigenvalue weighted by Crippen LogP contribution is 2.41. The van der Waals surface area contributed by atoms with E-state index < -0.39 is 0 Å². The number of hydrogen-bond donors (Lipinski definition) is 1. The maximum Gasteiger partial charge on any atom is 0.409 e. The number of benzene rings is 1. The quantitative estimate of drug-likeness (QED) is 0.373. The predicted molar refractivity (Wildman–Crippen MR) is 145 cm³/mol. The average molecular weight is 526 g/mol. The zero-order valence-corrected chi connectivity index (χ0v) is 22.2. The van der Waals surface area contributed by atoms with E-state index in [4.69, 9.17) is 26.3 Å². The van der Waals surface area contributed by atoms with Gasteiger partial charge in [-0.2, -0.15) is 0 Å². The van der Waals surface area contributed by atoms with Gasteiger partial charge in [-0.05, 0) is 50.8 Å². The standard InChI is InChI=1S/C27H32ClN5O2S/c1-2-35-27(34)33-15-12-18(13-16-33)25-32-23(19-7-6-8-20(28)17-19)24(36-25)22-11-14-29-26(31-22)30-21-9-4-3-5-10-21/h6-8,11,14,17-18,21H,2-5,9-10,12-13,15-16H2,1H3,(H,29,30,31). The summed E-state index contributed by atoms with van der Waals surface area (Å²) in [6.45, 7) is 3.58. The summed E-state index contributed by atoms with van der Waals surface area (Å²) >= 11 is 8.03. The molecule has 0 bridgehead atoms. The Hall–Kier alpha value is -2.71. The monoisotopic (exact) mass is 525 g/mol. The van der Waals surface area contributed by atoms with Gasteiger partial charge < -0.3 is 15.0 Å². The van der Waals surface area contributed by atoms with Crippen LogP contribution in [0.4, 0.5) is 10.7 Å². The number of thiazole rings is 1. The highest BCUT2D eigenvalue weighted by molar-refractivity contribution is 7.15. The SMILES string of the molecule is CCOC(=O)N1CCC(c2nc(-c3cccc(Cl)c3)c(-c3ccnc(NC4CCCCC4)n3)s2)CC1. The molecule has 5 rings (SSSR count). The molecule has 3 heterocycles. The number of halogens is 1. The number of nitrogens with one attached hydrogen (secondary N) is 1. The molecule has 0 unspecified atom stereocenters. The number of amides is 1. The van der Waals surface area contributed by atoms with Gasteiger partial charge >= 0.3 is 6.09 Å². The second kappa shape index (κ2) is 11.6. The summed E-state index contributed by atoms with van der Waals surface area (Å²) in [5, 5.41) is 5.30. The predicted octanol–water partition coefficient (Wildman–Crippen LogP) is 7.00. The zero-order chi connectivity index (χ0) is 24.9. The Morgan fingerprint density at radius 3 is 2.69 bits per heavy atom. The molecule has 2 fully saturated rings. The highest BCUT2D eigenvalue weighted by atomic mass is 35.5. The minimum Gasteiger partial charge on any atom is -0.450 e. The van der Waals surface area contributed by atoms with Crippen molar-refractivity contribution >= 4 is 35.0 Å². The third-order valence-electron chi connectivity index (χ3n) is 6.94. The van der Waals surface area contributed by atoms with Gasteiger partial charge in [0.2, 0.25) is 5.95 Å². The van der Waals surface area contributed by atoms with E-state index in [9.17, 15) is 4.79 Å². The van der Waals surface area contributed by atoms with Crippen molar-refractivity contribution in [2.75, 3.05) is 25.0 Å². The Morgan fingerprint density at radius 2 is 1.94 bits per heavy atom. The van der Waals surface area contributed by atoms with Crippen LogP contribution in [-0.4, -0.2) is 51.7 Å². The van der Waals surface area contributed by atoms with Gasteiger partial charge in [-0.1, -0.05) is 43.0 Å². The molecule has 1 amide bonds. The number of hydrogen-bond acceptors (Lipinski definition) is 7. The van der Waals surface area contributed by atoms with Crippen molar-refractivity contribution in [3.63, 3.8) is 0 Å². The van der Waals surface area contributed by atoms with Gasteiger partial charge in [0.15, 0.2) is 0 Å². The van der Waals surface area contributed by atoms with Crippen LogP contribution in [0.2, 0.25) is 5.02 Å². The summed E-state index contributed by atoms with van der Waals surface area (Å²) < 4.78 is 5.18. The summed E-state index contributed by atoms with van der Waals surface area (Å²) in [6, 6.07) is 10.2. The van der Waals surface area contributed by atoms with Crippen molar-refractivity contribution in [1.82, 2.24) is 19.9 Å². The molecule has 1 aliphatic carbocycles. The lowest BCUT2D eigenvalue weighted by atomic mass is 9.96. The molecule has 7 nitrogen and oxygen atoms in total. The fourth-order valence-electron chi connectivity index (χ4n) is 5.02. The summed E-state index contributed by atoms with van der Waals surface area (Å²) in [5.74, 6) is 0.961. The molecule has 0 spiro atoms. The van der Waals surface area contributed by atoms with Crippen LogP contribution in [-0.2, 0) is 4.74 Å². The lowest BCUT2D eigenvalue weighted by Gasteiger charge is -2.30. The Bertz CT molecular complexity index is 1190. The van der Waals surface area contributed by atoms with Gasteiger partial charge in [0, 0.05) is 41.8 Å². The molecular weight excluding hydrogens is 494 g/mol. The molecular formula is C27H32ClN5O2S. The lowest BCUT2D eigenvalue weighted by molar-refractivity contribution is 0.0970. The van der Waals surface area contributed by atoms with E-state index in [0.717, 1.165) is 52.5 Å². The van der Waals surface area contributed by atoms with E-state index in [-0.39, 0.29) is 12.0 Å². The first-order valence-electron chi connectivity index (χ1n) is 12.9. The van der Waals surface area contributed by atoms with E-state index in [1.807, 2.05) is 43.5 Å². The molecule has 0 atom stereocenters. The molecule has 3 aromatic rings. The molecule has 1 aliphatic heterocycles. The second-order valence-corrected chi connectivity index (χ2v) is 10.9. The van der Waals surface area contributed by atoms with Crippen LogP contribution in [0.1, 0.15) is 62.8 Å².